The fraction of sp³-hybridized carbons (Fsp3) is 0.172. The Morgan fingerprint density at radius 1 is 1.10 bits per heavy atom. The molecule has 0 saturated carbocycles. The summed E-state index contributed by atoms with van der Waals surface area (Å²) in [5.41, 5.74) is 3.95. The number of hydrazone groups is 1. The molecule has 196 valence electrons. The van der Waals surface area contributed by atoms with Crippen molar-refractivity contribution in [3.63, 3.8) is 0 Å². The van der Waals surface area contributed by atoms with E-state index >= 15 is 0 Å². The van der Waals surface area contributed by atoms with Crippen LogP contribution < -0.4 is 19.5 Å². The number of para-hydroxylation sites is 1. The van der Waals surface area contributed by atoms with Crippen LogP contribution in [0.15, 0.2) is 88.9 Å². The third-order valence-corrected chi connectivity index (χ3v) is 7.39. The molecule has 0 aromatic heterocycles. The molecule has 2 atom stereocenters. The van der Waals surface area contributed by atoms with Gasteiger partial charge in [0.15, 0.2) is 23.9 Å². The Morgan fingerprint density at radius 2 is 1.90 bits per heavy atom. The highest BCUT2D eigenvalue weighted by Crippen LogP contribution is 2.48. The number of benzene rings is 3. The normalized spacial score (nSPS) is 20.6. The Kier molecular flexibility index (Phi) is 6.54. The molecule has 0 spiro atoms. The number of amides is 2. The van der Waals surface area contributed by atoms with Crippen molar-refractivity contribution in [2.24, 2.45) is 5.10 Å². The van der Waals surface area contributed by atoms with E-state index in [1.54, 1.807) is 6.07 Å². The minimum absolute atomic E-state index is 0.0141. The first-order valence-corrected chi connectivity index (χ1v) is 13.1. The molecule has 3 aliphatic rings. The molecule has 2 unspecified atom stereocenters. The zero-order valence-corrected chi connectivity index (χ0v) is 21.6. The predicted octanol–water partition coefficient (Wildman–Crippen LogP) is 4.75. The van der Waals surface area contributed by atoms with E-state index in [0.29, 0.717) is 23.3 Å². The SMILES string of the molecule is COc1cc(C2Oc3ccccc3C3CC(c4ccccc4)=NN32)ccc1OCC(=O)/C=C1\SC(=O)NC1=O. The summed E-state index contributed by atoms with van der Waals surface area (Å²) >= 11 is 0.682. The summed E-state index contributed by atoms with van der Waals surface area (Å²) in [5.74, 6) is 0.534. The van der Waals surface area contributed by atoms with Crippen molar-refractivity contribution in [1.29, 1.82) is 0 Å². The number of fused-ring (bicyclic) bond motifs is 3. The lowest BCUT2D eigenvalue weighted by Crippen LogP contribution is -2.33. The molecule has 1 N–H and O–H groups in total. The summed E-state index contributed by atoms with van der Waals surface area (Å²) in [4.78, 5) is 35.4. The number of nitrogens with zero attached hydrogens (tertiary/aromatic N) is 2. The van der Waals surface area contributed by atoms with Gasteiger partial charge in [0.1, 0.15) is 5.75 Å². The number of ether oxygens (including phenoxy) is 3. The Bertz CT molecular complexity index is 1540. The Labute approximate surface area is 228 Å². The van der Waals surface area contributed by atoms with Crippen LogP contribution in [0.5, 0.6) is 17.2 Å². The molecule has 2 amide bonds. The van der Waals surface area contributed by atoms with Gasteiger partial charge in [0.2, 0.25) is 6.23 Å². The number of carbonyl (C=O) groups excluding carboxylic acids is 3. The van der Waals surface area contributed by atoms with Crippen LogP contribution >= 0.6 is 11.8 Å². The van der Waals surface area contributed by atoms with Crippen LogP contribution in [0.1, 0.15) is 35.4 Å². The second-order valence-electron chi connectivity index (χ2n) is 9.04. The number of carbonyl (C=O) groups is 3. The molecular formula is C29H23N3O6S. The van der Waals surface area contributed by atoms with Crippen molar-refractivity contribution < 1.29 is 28.6 Å². The quantitative estimate of drug-likeness (QED) is 0.427. The van der Waals surface area contributed by atoms with E-state index in [1.807, 2.05) is 53.5 Å². The van der Waals surface area contributed by atoms with E-state index in [1.165, 1.54) is 7.11 Å². The van der Waals surface area contributed by atoms with Gasteiger partial charge in [-0.2, -0.15) is 5.10 Å². The van der Waals surface area contributed by atoms with Crippen molar-refractivity contribution in [2.75, 3.05) is 13.7 Å². The van der Waals surface area contributed by atoms with Gasteiger partial charge in [0, 0.05) is 23.6 Å². The van der Waals surface area contributed by atoms with E-state index in [9.17, 15) is 14.4 Å². The third kappa shape index (κ3) is 4.86. The summed E-state index contributed by atoms with van der Waals surface area (Å²) in [6.07, 6.45) is 1.35. The summed E-state index contributed by atoms with van der Waals surface area (Å²) in [5, 5.41) is 8.57. The maximum Gasteiger partial charge on any atom is 0.290 e. The Balaban J connectivity index is 1.25. The van der Waals surface area contributed by atoms with Crippen molar-refractivity contribution in [3.05, 3.63) is 100 Å². The van der Waals surface area contributed by atoms with Crippen LogP contribution in [0.4, 0.5) is 4.79 Å². The van der Waals surface area contributed by atoms with Crippen molar-refractivity contribution >= 4 is 34.4 Å². The van der Waals surface area contributed by atoms with E-state index in [4.69, 9.17) is 19.3 Å². The van der Waals surface area contributed by atoms with Crippen molar-refractivity contribution in [2.45, 2.75) is 18.7 Å². The van der Waals surface area contributed by atoms with Gasteiger partial charge in [-0.3, -0.25) is 19.7 Å². The maximum atomic E-state index is 12.3. The number of hydrogen-bond acceptors (Lipinski definition) is 9. The molecule has 6 rings (SSSR count). The second kappa shape index (κ2) is 10.3. The minimum atomic E-state index is -0.590. The first-order chi connectivity index (χ1) is 19.0. The second-order valence-corrected chi connectivity index (χ2v) is 10.1. The van der Waals surface area contributed by atoms with Crippen LogP contribution in [0.3, 0.4) is 0 Å². The highest BCUT2D eigenvalue weighted by atomic mass is 32.2. The number of rotatable bonds is 7. The molecule has 3 aromatic carbocycles. The Hall–Kier alpha value is -4.57. The monoisotopic (exact) mass is 541 g/mol. The van der Waals surface area contributed by atoms with Gasteiger partial charge in [-0.15, -0.1) is 0 Å². The first kappa shape index (κ1) is 24.7. The van der Waals surface area contributed by atoms with E-state index in [0.717, 1.165) is 40.6 Å². The van der Waals surface area contributed by atoms with Crippen LogP contribution in [-0.4, -0.2) is 41.4 Å². The van der Waals surface area contributed by atoms with Gasteiger partial charge in [0.05, 0.1) is 23.8 Å². The van der Waals surface area contributed by atoms with Crippen LogP contribution in [0.2, 0.25) is 0 Å². The van der Waals surface area contributed by atoms with E-state index < -0.39 is 23.2 Å². The third-order valence-electron chi connectivity index (χ3n) is 6.58. The number of methoxy groups -OCH3 is 1. The fourth-order valence-corrected chi connectivity index (χ4v) is 5.45. The fourth-order valence-electron chi connectivity index (χ4n) is 4.77. The molecule has 3 heterocycles. The van der Waals surface area contributed by atoms with E-state index in [2.05, 4.69) is 23.5 Å². The summed E-state index contributed by atoms with van der Waals surface area (Å²) in [6, 6.07) is 23.5. The van der Waals surface area contributed by atoms with Crippen molar-refractivity contribution in [1.82, 2.24) is 10.3 Å². The molecule has 1 saturated heterocycles. The number of imide groups is 1. The first-order valence-electron chi connectivity index (χ1n) is 12.3. The molecule has 1 fully saturated rings. The number of nitrogens with one attached hydrogen (secondary N) is 1. The highest BCUT2D eigenvalue weighted by Gasteiger charge is 2.41. The molecule has 39 heavy (non-hydrogen) atoms. The smallest absolute Gasteiger partial charge is 0.290 e. The highest BCUT2D eigenvalue weighted by molar-refractivity contribution is 8.18. The summed E-state index contributed by atoms with van der Waals surface area (Å²) in [6.45, 7) is -0.326. The van der Waals surface area contributed by atoms with Gasteiger partial charge >= 0.3 is 0 Å². The average molecular weight is 542 g/mol. The largest absolute Gasteiger partial charge is 0.493 e. The topological polar surface area (TPSA) is 107 Å². The zero-order valence-electron chi connectivity index (χ0n) is 20.8. The molecule has 3 aliphatic heterocycles. The molecule has 3 aromatic rings. The van der Waals surface area contributed by atoms with Gasteiger partial charge in [-0.25, -0.2) is 5.01 Å². The molecular weight excluding hydrogens is 518 g/mol. The number of hydrogen-bond donors (Lipinski definition) is 1. The summed E-state index contributed by atoms with van der Waals surface area (Å²) in [7, 11) is 1.52. The van der Waals surface area contributed by atoms with Crippen LogP contribution in [0.25, 0.3) is 0 Å². The molecule has 0 radical (unpaired) electrons. The van der Waals surface area contributed by atoms with Gasteiger partial charge < -0.3 is 14.2 Å². The summed E-state index contributed by atoms with van der Waals surface area (Å²) < 4.78 is 17.7. The lowest BCUT2D eigenvalue weighted by Gasteiger charge is -2.38. The van der Waals surface area contributed by atoms with Gasteiger partial charge in [-0.05, 0) is 41.6 Å². The van der Waals surface area contributed by atoms with Gasteiger partial charge in [0.25, 0.3) is 11.1 Å². The molecule has 10 heteroatoms. The zero-order chi connectivity index (χ0) is 26.9. The predicted molar refractivity (Wildman–Crippen MR) is 145 cm³/mol. The maximum absolute atomic E-state index is 12.3. The standard InChI is InChI=1S/C29H23N3O6S/c1-36-25-13-18(11-12-24(25)37-16-19(33)14-26-27(34)30-29(35)39-26)28-32-22(20-9-5-6-10-23(20)38-28)15-21(31-32)17-7-3-2-4-8-17/h2-14,22,28H,15-16H2,1H3,(H,30,34,35)/b26-14-. The number of ketones is 1. The van der Waals surface area contributed by atoms with E-state index in [-0.39, 0.29) is 17.6 Å². The lowest BCUT2D eigenvalue weighted by molar-refractivity contribution is -0.118. The average Bonchev–Trinajstić information content (AvgIpc) is 3.54. The van der Waals surface area contributed by atoms with Gasteiger partial charge in [-0.1, -0.05) is 48.5 Å². The lowest BCUT2D eigenvalue weighted by atomic mass is 9.96. The van der Waals surface area contributed by atoms with Crippen LogP contribution in [0, 0.1) is 0 Å². The Morgan fingerprint density at radius 3 is 2.67 bits per heavy atom. The molecule has 0 bridgehead atoms. The van der Waals surface area contributed by atoms with Crippen LogP contribution in [-0.2, 0) is 9.59 Å². The molecule has 0 aliphatic carbocycles. The minimum Gasteiger partial charge on any atom is -0.493 e. The number of thioether (sulfide) groups is 1. The van der Waals surface area contributed by atoms with Crippen molar-refractivity contribution in [3.8, 4) is 17.2 Å². The molecule has 9 nitrogen and oxygen atoms in total.